The van der Waals surface area contributed by atoms with Gasteiger partial charge < -0.3 is 5.32 Å². The Morgan fingerprint density at radius 3 is 2.27 bits per heavy atom. The normalized spacial score (nSPS) is 32.4. The third-order valence-corrected chi connectivity index (χ3v) is 4.52. The van der Waals surface area contributed by atoms with E-state index < -0.39 is 0 Å². The number of piperazine rings is 1. The van der Waals surface area contributed by atoms with Crippen LogP contribution >= 0.6 is 0 Å². The van der Waals surface area contributed by atoms with Crippen molar-refractivity contribution >= 4 is 0 Å². The van der Waals surface area contributed by atoms with Gasteiger partial charge >= 0.3 is 0 Å². The molecule has 2 aliphatic rings. The van der Waals surface area contributed by atoms with Gasteiger partial charge in [-0.25, -0.2) is 0 Å². The molecule has 88 valence electrons. The standard InChI is InChI=1S/C13H26N2/c1-12(2,3)11-9-15(4)13(10-14-11)7-5-6-8-13/h11,14H,5-10H2,1-4H3. The maximum atomic E-state index is 3.78. The minimum absolute atomic E-state index is 0.383. The molecule has 1 aliphatic carbocycles. The summed E-state index contributed by atoms with van der Waals surface area (Å²) >= 11 is 0. The van der Waals surface area contributed by atoms with E-state index in [4.69, 9.17) is 0 Å². The lowest BCUT2D eigenvalue weighted by Crippen LogP contribution is -2.64. The molecule has 1 heterocycles. The van der Waals surface area contributed by atoms with Gasteiger partial charge in [-0.3, -0.25) is 4.90 Å². The summed E-state index contributed by atoms with van der Waals surface area (Å²) in [6, 6.07) is 0.647. The zero-order valence-corrected chi connectivity index (χ0v) is 10.8. The summed E-state index contributed by atoms with van der Waals surface area (Å²) in [6.07, 6.45) is 5.64. The van der Waals surface area contributed by atoms with Gasteiger partial charge in [-0.15, -0.1) is 0 Å². The molecular formula is C13H26N2. The van der Waals surface area contributed by atoms with Crippen LogP contribution < -0.4 is 5.32 Å². The van der Waals surface area contributed by atoms with Gasteiger partial charge in [0.1, 0.15) is 0 Å². The van der Waals surface area contributed by atoms with Crippen LogP contribution in [0.15, 0.2) is 0 Å². The molecule has 1 unspecified atom stereocenters. The molecule has 2 fully saturated rings. The van der Waals surface area contributed by atoms with E-state index in [2.05, 4.69) is 38.0 Å². The zero-order valence-electron chi connectivity index (χ0n) is 10.8. The highest BCUT2D eigenvalue weighted by Gasteiger charge is 2.43. The lowest BCUT2D eigenvalue weighted by Gasteiger charge is -2.49. The molecule has 0 aromatic rings. The van der Waals surface area contributed by atoms with Crippen molar-refractivity contribution in [3.63, 3.8) is 0 Å². The van der Waals surface area contributed by atoms with Crippen molar-refractivity contribution in [3.8, 4) is 0 Å². The lowest BCUT2D eigenvalue weighted by atomic mass is 9.81. The minimum Gasteiger partial charge on any atom is -0.310 e. The van der Waals surface area contributed by atoms with E-state index in [-0.39, 0.29) is 0 Å². The van der Waals surface area contributed by atoms with Crippen molar-refractivity contribution in [1.82, 2.24) is 10.2 Å². The Morgan fingerprint density at radius 2 is 1.80 bits per heavy atom. The van der Waals surface area contributed by atoms with Crippen molar-refractivity contribution < 1.29 is 0 Å². The van der Waals surface area contributed by atoms with Gasteiger partial charge in [0.05, 0.1) is 0 Å². The number of hydrogen-bond acceptors (Lipinski definition) is 2. The fourth-order valence-corrected chi connectivity index (χ4v) is 3.15. The molecule has 1 N–H and O–H groups in total. The fourth-order valence-electron chi connectivity index (χ4n) is 3.15. The lowest BCUT2D eigenvalue weighted by molar-refractivity contribution is 0.0387. The van der Waals surface area contributed by atoms with E-state index in [1.54, 1.807) is 0 Å². The first-order chi connectivity index (χ1) is 6.94. The molecule has 1 atom stereocenters. The second-order valence-electron chi connectivity index (χ2n) is 6.61. The summed E-state index contributed by atoms with van der Waals surface area (Å²) < 4.78 is 0. The highest BCUT2D eigenvalue weighted by Crippen LogP contribution is 2.37. The Hall–Kier alpha value is -0.0800. The fraction of sp³-hybridized carbons (Fsp3) is 1.00. The van der Waals surface area contributed by atoms with Crippen LogP contribution in [0.4, 0.5) is 0 Å². The molecular weight excluding hydrogens is 184 g/mol. The predicted octanol–water partition coefficient (Wildman–Crippen LogP) is 2.25. The monoisotopic (exact) mass is 210 g/mol. The number of likely N-dealkylation sites (N-methyl/N-ethyl adjacent to an activating group) is 1. The highest BCUT2D eigenvalue weighted by atomic mass is 15.3. The zero-order chi connectivity index (χ0) is 11.1. The van der Waals surface area contributed by atoms with Crippen LogP contribution in [-0.2, 0) is 0 Å². The molecule has 0 aromatic heterocycles. The SMILES string of the molecule is CN1CC(C(C)(C)C)NCC12CCCC2. The van der Waals surface area contributed by atoms with E-state index in [0.29, 0.717) is 17.0 Å². The largest absolute Gasteiger partial charge is 0.310 e. The minimum atomic E-state index is 0.383. The first kappa shape index (κ1) is 11.4. The first-order valence-corrected chi connectivity index (χ1v) is 6.39. The van der Waals surface area contributed by atoms with Crippen LogP contribution in [0, 0.1) is 5.41 Å². The summed E-state index contributed by atoms with van der Waals surface area (Å²) in [5.74, 6) is 0. The van der Waals surface area contributed by atoms with E-state index in [9.17, 15) is 0 Å². The van der Waals surface area contributed by atoms with Gasteiger partial charge in [-0.1, -0.05) is 33.6 Å². The van der Waals surface area contributed by atoms with E-state index in [0.717, 1.165) is 0 Å². The topological polar surface area (TPSA) is 15.3 Å². The van der Waals surface area contributed by atoms with Gasteiger partial charge in [-0.05, 0) is 25.3 Å². The summed E-state index contributed by atoms with van der Waals surface area (Å²) in [5.41, 5.74) is 0.885. The van der Waals surface area contributed by atoms with Gasteiger partial charge in [0.15, 0.2) is 0 Å². The van der Waals surface area contributed by atoms with Crippen LogP contribution in [0.1, 0.15) is 46.5 Å². The number of hydrogen-bond donors (Lipinski definition) is 1. The molecule has 0 bridgehead atoms. The van der Waals surface area contributed by atoms with E-state index in [1.807, 2.05) is 0 Å². The first-order valence-electron chi connectivity index (χ1n) is 6.39. The summed E-state index contributed by atoms with van der Waals surface area (Å²) in [7, 11) is 2.32. The average Bonchev–Trinajstić information content (AvgIpc) is 2.58. The van der Waals surface area contributed by atoms with Crippen LogP contribution in [0.5, 0.6) is 0 Å². The maximum absolute atomic E-state index is 3.78. The van der Waals surface area contributed by atoms with Crippen LogP contribution in [0.25, 0.3) is 0 Å². The molecule has 1 spiro atoms. The van der Waals surface area contributed by atoms with Crippen molar-refractivity contribution in [2.24, 2.45) is 5.41 Å². The Bertz CT molecular complexity index is 223. The molecule has 0 amide bonds. The quantitative estimate of drug-likeness (QED) is 0.660. The van der Waals surface area contributed by atoms with Gasteiger partial charge in [0, 0.05) is 24.7 Å². The van der Waals surface area contributed by atoms with Gasteiger partial charge in [0.2, 0.25) is 0 Å². The molecule has 2 nitrogen and oxygen atoms in total. The summed E-state index contributed by atoms with van der Waals surface area (Å²) in [6.45, 7) is 9.43. The second kappa shape index (κ2) is 3.74. The maximum Gasteiger partial charge on any atom is 0.0331 e. The number of rotatable bonds is 0. The molecule has 1 saturated heterocycles. The Kier molecular flexibility index (Phi) is 2.85. The molecule has 0 aromatic carbocycles. The van der Waals surface area contributed by atoms with Crippen molar-refractivity contribution in [3.05, 3.63) is 0 Å². The Labute approximate surface area is 94.4 Å². The molecule has 1 saturated carbocycles. The number of nitrogens with one attached hydrogen (secondary N) is 1. The molecule has 2 rings (SSSR count). The third-order valence-electron chi connectivity index (χ3n) is 4.52. The van der Waals surface area contributed by atoms with Crippen LogP contribution in [0.2, 0.25) is 0 Å². The van der Waals surface area contributed by atoms with Crippen molar-refractivity contribution in [2.45, 2.75) is 58.0 Å². The predicted molar refractivity (Wildman–Crippen MR) is 65.1 cm³/mol. The smallest absolute Gasteiger partial charge is 0.0331 e. The molecule has 15 heavy (non-hydrogen) atoms. The van der Waals surface area contributed by atoms with Crippen molar-refractivity contribution in [1.29, 1.82) is 0 Å². The average molecular weight is 210 g/mol. The van der Waals surface area contributed by atoms with Crippen molar-refractivity contribution in [2.75, 3.05) is 20.1 Å². The Balaban J connectivity index is 2.03. The van der Waals surface area contributed by atoms with E-state index >= 15 is 0 Å². The summed E-state index contributed by atoms with van der Waals surface area (Å²) in [4.78, 5) is 2.63. The number of nitrogens with zero attached hydrogens (tertiary/aromatic N) is 1. The molecule has 2 heteroatoms. The summed E-state index contributed by atoms with van der Waals surface area (Å²) in [5, 5.41) is 3.78. The molecule has 1 aliphatic heterocycles. The van der Waals surface area contributed by atoms with Gasteiger partial charge in [-0.2, -0.15) is 0 Å². The second-order valence-corrected chi connectivity index (χ2v) is 6.61. The van der Waals surface area contributed by atoms with Crippen LogP contribution in [0.3, 0.4) is 0 Å². The van der Waals surface area contributed by atoms with E-state index in [1.165, 1.54) is 38.8 Å². The Morgan fingerprint density at radius 1 is 1.20 bits per heavy atom. The van der Waals surface area contributed by atoms with Gasteiger partial charge in [0.25, 0.3) is 0 Å². The highest BCUT2D eigenvalue weighted by molar-refractivity contribution is 5.02. The molecule has 0 radical (unpaired) electrons. The van der Waals surface area contributed by atoms with Crippen LogP contribution in [-0.4, -0.2) is 36.6 Å². The third kappa shape index (κ3) is 2.07.